The third kappa shape index (κ3) is 3.67. The molecule has 6 nitrogen and oxygen atoms in total. The normalized spacial score (nSPS) is 11.5. The summed E-state index contributed by atoms with van der Waals surface area (Å²) in [5.41, 5.74) is 1.44. The van der Waals surface area contributed by atoms with Crippen LogP contribution >= 0.6 is 11.6 Å². The van der Waals surface area contributed by atoms with E-state index in [1.54, 1.807) is 25.3 Å². The fourth-order valence-corrected chi connectivity index (χ4v) is 3.36. The largest absolute Gasteiger partial charge is 0.496 e. The third-order valence-electron chi connectivity index (χ3n) is 3.76. The number of aromatic nitrogens is 2. The Bertz CT molecular complexity index is 1040. The molecule has 0 saturated carbocycles. The Kier molecular flexibility index (Phi) is 4.78. The SMILES string of the molecule is COc1cccc(Cl)c1CNc1ncnc2ccc(S(C)(=O)=O)cc12. The zero-order valence-electron chi connectivity index (χ0n) is 13.7. The maximum absolute atomic E-state index is 11.8. The predicted molar refractivity (Wildman–Crippen MR) is 98.0 cm³/mol. The molecule has 3 rings (SSSR count). The first-order chi connectivity index (χ1) is 11.9. The van der Waals surface area contributed by atoms with E-state index in [4.69, 9.17) is 16.3 Å². The van der Waals surface area contributed by atoms with Crippen molar-refractivity contribution in [3.63, 3.8) is 0 Å². The van der Waals surface area contributed by atoms with E-state index in [2.05, 4.69) is 15.3 Å². The zero-order chi connectivity index (χ0) is 18.0. The first-order valence-electron chi connectivity index (χ1n) is 7.40. The highest BCUT2D eigenvalue weighted by atomic mass is 35.5. The quantitative estimate of drug-likeness (QED) is 0.734. The van der Waals surface area contributed by atoms with Crippen LogP contribution in [0, 0.1) is 0 Å². The molecule has 1 aromatic heterocycles. The second-order valence-corrected chi connectivity index (χ2v) is 7.87. The molecule has 2 aromatic carbocycles. The van der Waals surface area contributed by atoms with Crippen molar-refractivity contribution in [1.82, 2.24) is 9.97 Å². The second kappa shape index (κ2) is 6.85. The fourth-order valence-electron chi connectivity index (χ4n) is 2.48. The highest BCUT2D eigenvalue weighted by Gasteiger charge is 2.12. The molecule has 0 saturated heterocycles. The summed E-state index contributed by atoms with van der Waals surface area (Å²) >= 11 is 6.25. The van der Waals surface area contributed by atoms with Gasteiger partial charge in [-0.3, -0.25) is 0 Å². The van der Waals surface area contributed by atoms with E-state index in [1.165, 1.54) is 18.6 Å². The summed E-state index contributed by atoms with van der Waals surface area (Å²) < 4.78 is 28.9. The molecule has 130 valence electrons. The molecule has 0 amide bonds. The smallest absolute Gasteiger partial charge is 0.175 e. The van der Waals surface area contributed by atoms with Gasteiger partial charge in [-0.1, -0.05) is 17.7 Å². The van der Waals surface area contributed by atoms with Crippen molar-refractivity contribution >= 4 is 38.2 Å². The van der Waals surface area contributed by atoms with Gasteiger partial charge in [-0.15, -0.1) is 0 Å². The molecular weight excluding hydrogens is 362 g/mol. The van der Waals surface area contributed by atoms with Gasteiger partial charge in [0.2, 0.25) is 0 Å². The van der Waals surface area contributed by atoms with Crippen molar-refractivity contribution in [3.8, 4) is 5.75 Å². The molecule has 1 heterocycles. The van der Waals surface area contributed by atoms with E-state index in [0.29, 0.717) is 34.0 Å². The summed E-state index contributed by atoms with van der Waals surface area (Å²) in [6.07, 6.45) is 2.59. The van der Waals surface area contributed by atoms with Gasteiger partial charge in [-0.25, -0.2) is 18.4 Å². The number of hydrogen-bond donors (Lipinski definition) is 1. The molecule has 0 bridgehead atoms. The first kappa shape index (κ1) is 17.4. The first-order valence-corrected chi connectivity index (χ1v) is 9.67. The average Bonchev–Trinajstić information content (AvgIpc) is 2.59. The van der Waals surface area contributed by atoms with Crippen molar-refractivity contribution in [2.75, 3.05) is 18.7 Å². The van der Waals surface area contributed by atoms with Crippen molar-refractivity contribution in [2.45, 2.75) is 11.4 Å². The molecule has 0 aliphatic carbocycles. The lowest BCUT2D eigenvalue weighted by atomic mass is 10.2. The third-order valence-corrected chi connectivity index (χ3v) is 5.23. The van der Waals surface area contributed by atoms with E-state index >= 15 is 0 Å². The van der Waals surface area contributed by atoms with Crippen molar-refractivity contribution in [1.29, 1.82) is 0 Å². The van der Waals surface area contributed by atoms with E-state index in [9.17, 15) is 8.42 Å². The number of halogens is 1. The predicted octanol–water partition coefficient (Wildman–Crippen LogP) is 3.31. The molecule has 0 radical (unpaired) electrons. The average molecular weight is 378 g/mol. The molecule has 0 spiro atoms. The van der Waals surface area contributed by atoms with Crippen LogP contribution in [0.25, 0.3) is 10.9 Å². The van der Waals surface area contributed by atoms with Gasteiger partial charge in [-0.2, -0.15) is 0 Å². The van der Waals surface area contributed by atoms with Gasteiger partial charge in [-0.05, 0) is 30.3 Å². The molecule has 0 aliphatic rings. The Balaban J connectivity index is 2.00. The number of sulfone groups is 1. The molecule has 0 aliphatic heterocycles. The van der Waals surface area contributed by atoms with Gasteiger partial charge in [0.25, 0.3) is 0 Å². The summed E-state index contributed by atoms with van der Waals surface area (Å²) in [7, 11) is -1.74. The number of methoxy groups -OCH3 is 1. The van der Waals surface area contributed by atoms with Crippen LogP contribution in [-0.4, -0.2) is 31.8 Å². The van der Waals surface area contributed by atoms with Gasteiger partial charge < -0.3 is 10.1 Å². The van der Waals surface area contributed by atoms with Crippen molar-refractivity contribution in [3.05, 3.63) is 53.3 Å². The van der Waals surface area contributed by atoms with Crippen LogP contribution in [-0.2, 0) is 16.4 Å². The number of hydrogen-bond acceptors (Lipinski definition) is 6. The minimum absolute atomic E-state index is 0.216. The summed E-state index contributed by atoms with van der Waals surface area (Å²) in [5.74, 6) is 1.19. The van der Waals surface area contributed by atoms with Crippen LogP contribution in [0.2, 0.25) is 5.02 Å². The van der Waals surface area contributed by atoms with Crippen LogP contribution < -0.4 is 10.1 Å². The van der Waals surface area contributed by atoms with Gasteiger partial charge >= 0.3 is 0 Å². The maximum Gasteiger partial charge on any atom is 0.175 e. The van der Waals surface area contributed by atoms with E-state index in [-0.39, 0.29) is 4.90 Å². The Morgan fingerprint density at radius 2 is 2.00 bits per heavy atom. The minimum Gasteiger partial charge on any atom is -0.496 e. The lowest BCUT2D eigenvalue weighted by molar-refractivity contribution is 0.410. The summed E-state index contributed by atoms with van der Waals surface area (Å²) in [6, 6.07) is 10.2. The number of fused-ring (bicyclic) bond motifs is 1. The topological polar surface area (TPSA) is 81.2 Å². The standard InChI is InChI=1S/C17H16ClN3O3S/c1-24-16-5-3-4-14(18)13(16)9-19-17-12-8-11(25(2,22)23)6-7-15(12)20-10-21-17/h3-8,10H,9H2,1-2H3,(H,19,20,21). The lowest BCUT2D eigenvalue weighted by Gasteiger charge is -2.13. The highest BCUT2D eigenvalue weighted by molar-refractivity contribution is 7.90. The Hall–Kier alpha value is -2.38. The summed E-state index contributed by atoms with van der Waals surface area (Å²) in [4.78, 5) is 8.62. The molecule has 0 atom stereocenters. The monoisotopic (exact) mass is 377 g/mol. The van der Waals surface area contributed by atoms with E-state index in [1.807, 2.05) is 12.1 Å². The van der Waals surface area contributed by atoms with Crippen LogP contribution in [0.15, 0.2) is 47.6 Å². The molecular formula is C17H16ClN3O3S. The highest BCUT2D eigenvalue weighted by Crippen LogP contribution is 2.28. The minimum atomic E-state index is -3.32. The number of nitrogens with zero attached hydrogens (tertiary/aromatic N) is 2. The fraction of sp³-hybridized carbons (Fsp3) is 0.176. The zero-order valence-corrected chi connectivity index (χ0v) is 15.2. The second-order valence-electron chi connectivity index (χ2n) is 5.45. The van der Waals surface area contributed by atoms with E-state index < -0.39 is 9.84 Å². The molecule has 3 aromatic rings. The number of benzene rings is 2. The van der Waals surface area contributed by atoms with Gasteiger partial charge in [0.1, 0.15) is 17.9 Å². The lowest BCUT2D eigenvalue weighted by Crippen LogP contribution is -2.05. The van der Waals surface area contributed by atoms with Crippen LogP contribution in [0.1, 0.15) is 5.56 Å². The van der Waals surface area contributed by atoms with E-state index in [0.717, 1.165) is 5.56 Å². The summed E-state index contributed by atoms with van der Waals surface area (Å²) in [6.45, 7) is 0.373. The van der Waals surface area contributed by atoms with Gasteiger partial charge in [0, 0.05) is 28.8 Å². The van der Waals surface area contributed by atoms with Crippen molar-refractivity contribution in [2.24, 2.45) is 0 Å². The van der Waals surface area contributed by atoms with Crippen molar-refractivity contribution < 1.29 is 13.2 Å². The van der Waals surface area contributed by atoms with Crippen LogP contribution in [0.3, 0.4) is 0 Å². The Morgan fingerprint density at radius 1 is 1.20 bits per heavy atom. The Morgan fingerprint density at radius 3 is 2.72 bits per heavy atom. The molecule has 25 heavy (non-hydrogen) atoms. The molecule has 0 fully saturated rings. The maximum atomic E-state index is 11.8. The number of rotatable bonds is 5. The van der Waals surface area contributed by atoms with Crippen LogP contribution in [0.4, 0.5) is 5.82 Å². The summed E-state index contributed by atoms with van der Waals surface area (Å²) in [5, 5.41) is 4.38. The molecule has 8 heteroatoms. The number of anilines is 1. The molecule has 1 N–H and O–H groups in total. The van der Waals surface area contributed by atoms with Gasteiger partial charge in [0.05, 0.1) is 17.5 Å². The Labute approximate surface area is 150 Å². The number of nitrogens with one attached hydrogen (secondary N) is 1. The van der Waals surface area contributed by atoms with Gasteiger partial charge in [0.15, 0.2) is 9.84 Å². The van der Waals surface area contributed by atoms with Crippen LogP contribution in [0.5, 0.6) is 5.75 Å². The molecule has 0 unspecified atom stereocenters. The number of ether oxygens (including phenoxy) is 1.